The highest BCUT2D eigenvalue weighted by Gasteiger charge is 2.07. The van der Waals surface area contributed by atoms with Crippen LogP contribution in [0.4, 0.5) is 0 Å². The fourth-order valence-corrected chi connectivity index (χ4v) is 2.12. The normalized spacial score (nSPS) is 10.8. The van der Waals surface area contributed by atoms with Crippen molar-refractivity contribution in [2.75, 3.05) is 0 Å². The summed E-state index contributed by atoms with van der Waals surface area (Å²) in [6.07, 6.45) is 2.74. The summed E-state index contributed by atoms with van der Waals surface area (Å²) in [7, 11) is 0. The summed E-state index contributed by atoms with van der Waals surface area (Å²) in [6.45, 7) is 2.09. The Kier molecular flexibility index (Phi) is 2.62. The Labute approximate surface area is 92.7 Å². The number of nitrogens with zero attached hydrogens (tertiary/aromatic N) is 1. The summed E-state index contributed by atoms with van der Waals surface area (Å²) in [6, 6.07) is 5.78. The highest BCUT2D eigenvalue weighted by atomic mass is 35.5. The van der Waals surface area contributed by atoms with E-state index in [0.717, 1.165) is 17.2 Å². The monoisotopic (exact) mass is 225 g/mol. The van der Waals surface area contributed by atoms with Crippen LogP contribution in [-0.2, 0) is 6.42 Å². The fraction of sp³-hybridized carbons (Fsp3) is 0.182. The number of hydrogen-bond acceptors (Lipinski definition) is 1. The molecule has 0 radical (unpaired) electrons. The van der Waals surface area contributed by atoms with Crippen LogP contribution in [0.15, 0.2) is 24.4 Å². The summed E-state index contributed by atoms with van der Waals surface area (Å²) in [5, 5.41) is 3.09. The largest absolute Gasteiger partial charge is 0.244 e. The van der Waals surface area contributed by atoms with Gasteiger partial charge in [-0.25, -0.2) is 4.98 Å². The summed E-state index contributed by atoms with van der Waals surface area (Å²) >= 11 is 12.1. The number of rotatable bonds is 1. The number of aryl methyl sites for hydroxylation is 1. The molecule has 1 aromatic carbocycles. The average Bonchev–Trinajstić information content (AvgIpc) is 2.18. The molecular formula is C11H9Cl2N. The maximum Gasteiger partial charge on any atom is 0.138 e. The highest BCUT2D eigenvalue weighted by molar-refractivity contribution is 6.41. The number of benzene rings is 1. The van der Waals surface area contributed by atoms with Crippen molar-refractivity contribution in [3.63, 3.8) is 0 Å². The summed E-state index contributed by atoms with van der Waals surface area (Å²) < 4.78 is 0. The Morgan fingerprint density at radius 1 is 1.29 bits per heavy atom. The molecule has 0 aliphatic carbocycles. The van der Waals surface area contributed by atoms with Crippen LogP contribution in [-0.4, -0.2) is 4.98 Å². The van der Waals surface area contributed by atoms with Crippen molar-refractivity contribution in [3.8, 4) is 0 Å². The van der Waals surface area contributed by atoms with Crippen LogP contribution in [0.5, 0.6) is 0 Å². The molecule has 0 N–H and O–H groups in total. The van der Waals surface area contributed by atoms with E-state index in [1.165, 1.54) is 5.56 Å². The van der Waals surface area contributed by atoms with Gasteiger partial charge in [0.1, 0.15) is 5.15 Å². The molecule has 0 saturated carbocycles. The molecule has 0 aliphatic heterocycles. The molecule has 0 saturated heterocycles. The summed E-state index contributed by atoms with van der Waals surface area (Å²) in [4.78, 5) is 4.12. The van der Waals surface area contributed by atoms with Gasteiger partial charge >= 0.3 is 0 Å². The molecule has 14 heavy (non-hydrogen) atoms. The van der Waals surface area contributed by atoms with Gasteiger partial charge in [-0.3, -0.25) is 0 Å². The van der Waals surface area contributed by atoms with Crippen molar-refractivity contribution < 1.29 is 0 Å². The molecule has 0 spiro atoms. The zero-order valence-electron chi connectivity index (χ0n) is 7.72. The number of pyridine rings is 1. The zero-order valence-corrected chi connectivity index (χ0v) is 9.23. The molecule has 0 aliphatic rings. The quantitative estimate of drug-likeness (QED) is 0.667. The maximum absolute atomic E-state index is 6.07. The topological polar surface area (TPSA) is 12.9 Å². The van der Waals surface area contributed by atoms with Crippen molar-refractivity contribution in [2.45, 2.75) is 13.3 Å². The Balaban J connectivity index is 2.91. The maximum atomic E-state index is 6.07. The molecule has 1 aromatic heterocycles. The van der Waals surface area contributed by atoms with Crippen LogP contribution in [0.1, 0.15) is 12.5 Å². The Morgan fingerprint density at radius 2 is 2.07 bits per heavy atom. The molecule has 0 bridgehead atoms. The summed E-state index contributed by atoms with van der Waals surface area (Å²) in [5.41, 5.74) is 1.17. The molecule has 0 atom stereocenters. The van der Waals surface area contributed by atoms with Crippen LogP contribution in [0, 0.1) is 0 Å². The van der Waals surface area contributed by atoms with Crippen molar-refractivity contribution >= 4 is 34.0 Å². The van der Waals surface area contributed by atoms with Crippen LogP contribution >= 0.6 is 23.2 Å². The van der Waals surface area contributed by atoms with Crippen molar-refractivity contribution in [3.05, 3.63) is 40.1 Å². The predicted molar refractivity (Wildman–Crippen MR) is 61.1 cm³/mol. The van der Waals surface area contributed by atoms with Gasteiger partial charge in [-0.1, -0.05) is 42.3 Å². The lowest BCUT2D eigenvalue weighted by atomic mass is 10.1. The fourth-order valence-electron chi connectivity index (χ4n) is 1.55. The van der Waals surface area contributed by atoms with E-state index in [4.69, 9.17) is 23.2 Å². The first-order valence-electron chi connectivity index (χ1n) is 4.45. The molecule has 1 heterocycles. The molecule has 2 rings (SSSR count). The van der Waals surface area contributed by atoms with Crippen molar-refractivity contribution in [1.29, 1.82) is 0 Å². The molecule has 3 heteroatoms. The first-order valence-corrected chi connectivity index (χ1v) is 5.21. The molecule has 2 aromatic rings. The van der Waals surface area contributed by atoms with Gasteiger partial charge in [0.15, 0.2) is 0 Å². The lowest BCUT2D eigenvalue weighted by Crippen LogP contribution is -1.88. The van der Waals surface area contributed by atoms with Gasteiger partial charge in [-0.05, 0) is 23.4 Å². The van der Waals surface area contributed by atoms with E-state index in [2.05, 4.69) is 11.9 Å². The minimum atomic E-state index is 0.475. The van der Waals surface area contributed by atoms with E-state index in [0.29, 0.717) is 10.2 Å². The lowest BCUT2D eigenvalue weighted by Gasteiger charge is -2.06. The standard InChI is InChI=1S/C11H9Cl2N/c1-2-7-6-14-11(13)10-8(7)4-3-5-9(10)12/h3-6H,2H2,1H3. The Morgan fingerprint density at radius 3 is 2.79 bits per heavy atom. The molecule has 0 fully saturated rings. The second kappa shape index (κ2) is 3.76. The van der Waals surface area contributed by atoms with E-state index < -0.39 is 0 Å². The Bertz CT molecular complexity index is 472. The molecule has 0 unspecified atom stereocenters. The highest BCUT2D eigenvalue weighted by Crippen LogP contribution is 2.30. The average molecular weight is 226 g/mol. The predicted octanol–water partition coefficient (Wildman–Crippen LogP) is 4.10. The van der Waals surface area contributed by atoms with E-state index in [9.17, 15) is 0 Å². The van der Waals surface area contributed by atoms with Gasteiger partial charge < -0.3 is 0 Å². The van der Waals surface area contributed by atoms with E-state index >= 15 is 0 Å². The molecule has 72 valence electrons. The molecular weight excluding hydrogens is 217 g/mol. The van der Waals surface area contributed by atoms with Gasteiger partial charge in [-0.15, -0.1) is 0 Å². The minimum Gasteiger partial charge on any atom is -0.244 e. The smallest absolute Gasteiger partial charge is 0.138 e. The van der Waals surface area contributed by atoms with Crippen LogP contribution in [0.3, 0.4) is 0 Å². The third-order valence-corrected chi connectivity index (χ3v) is 2.88. The third kappa shape index (κ3) is 1.47. The van der Waals surface area contributed by atoms with E-state index in [-0.39, 0.29) is 0 Å². The third-order valence-electron chi connectivity index (χ3n) is 2.28. The number of fused-ring (bicyclic) bond motifs is 1. The number of halogens is 2. The lowest BCUT2D eigenvalue weighted by molar-refractivity contribution is 1.13. The number of aromatic nitrogens is 1. The van der Waals surface area contributed by atoms with Gasteiger partial charge in [0.25, 0.3) is 0 Å². The molecule has 1 nitrogen and oxygen atoms in total. The second-order valence-electron chi connectivity index (χ2n) is 3.09. The summed E-state index contributed by atoms with van der Waals surface area (Å²) in [5.74, 6) is 0. The Hall–Kier alpha value is -0.790. The number of hydrogen-bond donors (Lipinski definition) is 0. The zero-order chi connectivity index (χ0) is 10.1. The van der Waals surface area contributed by atoms with Gasteiger partial charge in [0, 0.05) is 11.6 Å². The SMILES string of the molecule is CCc1cnc(Cl)c2c(Cl)cccc12. The van der Waals surface area contributed by atoms with Crippen LogP contribution in [0.25, 0.3) is 10.8 Å². The molecule has 0 amide bonds. The van der Waals surface area contributed by atoms with Crippen molar-refractivity contribution in [2.24, 2.45) is 0 Å². The van der Waals surface area contributed by atoms with E-state index in [1.807, 2.05) is 18.2 Å². The first-order chi connectivity index (χ1) is 6.74. The van der Waals surface area contributed by atoms with Crippen LogP contribution in [0.2, 0.25) is 10.2 Å². The van der Waals surface area contributed by atoms with E-state index in [1.54, 1.807) is 6.20 Å². The van der Waals surface area contributed by atoms with Crippen molar-refractivity contribution in [1.82, 2.24) is 4.98 Å². The van der Waals surface area contributed by atoms with Gasteiger partial charge in [0.2, 0.25) is 0 Å². The minimum absolute atomic E-state index is 0.475. The van der Waals surface area contributed by atoms with Gasteiger partial charge in [-0.2, -0.15) is 0 Å². The second-order valence-corrected chi connectivity index (χ2v) is 3.86. The van der Waals surface area contributed by atoms with Gasteiger partial charge in [0.05, 0.1) is 5.02 Å². The first kappa shape index (κ1) is 9.75. The van der Waals surface area contributed by atoms with Crippen LogP contribution < -0.4 is 0 Å².